The van der Waals surface area contributed by atoms with Crippen LogP contribution in [0.1, 0.15) is 22.8 Å². The van der Waals surface area contributed by atoms with Crippen molar-refractivity contribution in [2.45, 2.75) is 17.4 Å². The Hall–Kier alpha value is -3.64. The van der Waals surface area contributed by atoms with E-state index in [1.807, 2.05) is 0 Å². The monoisotopic (exact) mass is 432 g/mol. The molecule has 0 bridgehead atoms. The number of non-ortho nitro benzene ring substituents is 1. The zero-order valence-corrected chi connectivity index (χ0v) is 16.4. The van der Waals surface area contributed by atoms with Gasteiger partial charge >= 0.3 is 6.03 Å². The molecule has 0 spiro atoms. The number of urea groups is 1. The Morgan fingerprint density at radius 3 is 2.40 bits per heavy atom. The molecule has 11 nitrogen and oxygen atoms in total. The topological polar surface area (TPSA) is 170 Å². The van der Waals surface area contributed by atoms with Crippen LogP contribution in [0.5, 0.6) is 0 Å². The highest BCUT2D eigenvalue weighted by Crippen LogP contribution is 2.29. The SMILES string of the molecule is CC1(c2ccc(S(N)(=O)=O)cc2)NC(=O)N(CC(=O)c2cccc([N+](=O)[O-])c2)C1=O. The number of primary sulfonamides is 1. The van der Waals surface area contributed by atoms with E-state index in [-0.39, 0.29) is 16.1 Å². The van der Waals surface area contributed by atoms with Crippen LogP contribution in [0.3, 0.4) is 0 Å². The lowest BCUT2D eigenvalue weighted by atomic mass is 9.92. The Morgan fingerprint density at radius 1 is 1.20 bits per heavy atom. The van der Waals surface area contributed by atoms with Crippen molar-refractivity contribution in [1.82, 2.24) is 10.2 Å². The molecule has 30 heavy (non-hydrogen) atoms. The summed E-state index contributed by atoms with van der Waals surface area (Å²) in [6, 6.07) is 9.20. The molecule has 1 aliphatic heterocycles. The zero-order valence-electron chi connectivity index (χ0n) is 15.6. The van der Waals surface area contributed by atoms with Crippen LogP contribution >= 0.6 is 0 Å². The largest absolute Gasteiger partial charge is 0.325 e. The second-order valence-corrected chi connectivity index (χ2v) is 8.31. The Morgan fingerprint density at radius 2 is 1.83 bits per heavy atom. The first kappa shape index (κ1) is 21.1. The van der Waals surface area contributed by atoms with Crippen molar-refractivity contribution in [2.75, 3.05) is 6.54 Å². The maximum Gasteiger partial charge on any atom is 0.325 e. The minimum absolute atomic E-state index is 0.0177. The Balaban J connectivity index is 1.84. The number of hydrogen-bond acceptors (Lipinski definition) is 7. The summed E-state index contributed by atoms with van der Waals surface area (Å²) in [6.07, 6.45) is 0. The third-order valence-corrected chi connectivity index (χ3v) is 5.65. The minimum atomic E-state index is -3.93. The molecule has 3 rings (SSSR count). The summed E-state index contributed by atoms with van der Waals surface area (Å²) < 4.78 is 22.8. The van der Waals surface area contributed by atoms with Crippen LogP contribution in [0.4, 0.5) is 10.5 Å². The van der Waals surface area contributed by atoms with Gasteiger partial charge < -0.3 is 5.32 Å². The van der Waals surface area contributed by atoms with Crippen molar-refractivity contribution in [2.24, 2.45) is 5.14 Å². The maximum absolute atomic E-state index is 12.9. The first-order valence-corrected chi connectivity index (χ1v) is 10.0. The number of ketones is 1. The fourth-order valence-corrected chi connectivity index (χ4v) is 3.56. The summed E-state index contributed by atoms with van der Waals surface area (Å²) in [6.45, 7) is 0.799. The highest BCUT2D eigenvalue weighted by molar-refractivity contribution is 7.89. The third-order valence-electron chi connectivity index (χ3n) is 4.72. The molecule has 3 N–H and O–H groups in total. The number of imide groups is 1. The lowest BCUT2D eigenvalue weighted by Gasteiger charge is -2.22. The lowest BCUT2D eigenvalue weighted by Crippen LogP contribution is -2.41. The molecule has 2 aromatic rings. The van der Waals surface area contributed by atoms with Crippen LogP contribution in [0.2, 0.25) is 0 Å². The smallest absolute Gasteiger partial charge is 0.319 e. The van der Waals surface area contributed by atoms with E-state index in [1.165, 1.54) is 49.4 Å². The van der Waals surface area contributed by atoms with Crippen molar-refractivity contribution in [3.8, 4) is 0 Å². The predicted molar refractivity (Wildman–Crippen MR) is 103 cm³/mol. The molecule has 1 aliphatic rings. The van der Waals surface area contributed by atoms with Gasteiger partial charge in [0, 0.05) is 17.7 Å². The van der Waals surface area contributed by atoms with E-state index in [2.05, 4.69) is 5.32 Å². The van der Waals surface area contributed by atoms with Gasteiger partial charge in [-0.25, -0.2) is 18.4 Å². The summed E-state index contributed by atoms with van der Waals surface area (Å²) in [4.78, 5) is 48.5. The van der Waals surface area contributed by atoms with E-state index in [4.69, 9.17) is 5.14 Å². The van der Waals surface area contributed by atoms with Gasteiger partial charge in [-0.1, -0.05) is 24.3 Å². The molecule has 2 aromatic carbocycles. The Bertz CT molecular complexity index is 1180. The number of nitro benzene ring substituents is 1. The van der Waals surface area contributed by atoms with Crippen LogP contribution in [-0.2, 0) is 20.4 Å². The van der Waals surface area contributed by atoms with E-state index in [1.54, 1.807) is 0 Å². The molecule has 0 aromatic heterocycles. The number of Topliss-reactive ketones (excluding diaryl/α,β-unsaturated/α-hetero) is 1. The molecular weight excluding hydrogens is 416 g/mol. The van der Waals surface area contributed by atoms with Crippen molar-refractivity contribution in [3.05, 3.63) is 69.8 Å². The minimum Gasteiger partial charge on any atom is -0.319 e. The maximum atomic E-state index is 12.9. The lowest BCUT2D eigenvalue weighted by molar-refractivity contribution is -0.384. The molecule has 0 aliphatic carbocycles. The number of amides is 3. The molecule has 3 amide bonds. The molecular formula is C18H16N4O7S. The summed E-state index contributed by atoms with van der Waals surface area (Å²) in [5.74, 6) is -1.38. The number of nitro groups is 1. The van der Waals surface area contributed by atoms with Crippen LogP contribution in [0.25, 0.3) is 0 Å². The van der Waals surface area contributed by atoms with Gasteiger partial charge in [-0.3, -0.25) is 24.6 Å². The third kappa shape index (κ3) is 3.77. The standard InChI is InChI=1S/C18H16N4O7S/c1-18(12-5-7-14(8-6-12)30(19,28)29)16(24)21(17(25)20-18)10-15(23)11-3-2-4-13(9-11)22(26)27/h2-9H,10H2,1H3,(H,20,25)(H2,19,28,29). The van der Waals surface area contributed by atoms with Crippen LogP contribution in [0, 0.1) is 10.1 Å². The van der Waals surface area contributed by atoms with Crippen LogP contribution < -0.4 is 10.5 Å². The van der Waals surface area contributed by atoms with Gasteiger partial charge in [-0.2, -0.15) is 0 Å². The molecule has 1 saturated heterocycles. The van der Waals surface area contributed by atoms with Crippen molar-refractivity contribution in [1.29, 1.82) is 0 Å². The summed E-state index contributed by atoms with van der Waals surface area (Å²) in [5.41, 5.74) is -1.55. The van der Waals surface area contributed by atoms with Gasteiger partial charge in [-0.15, -0.1) is 0 Å². The second kappa shape index (κ2) is 7.31. The number of rotatable bonds is 6. The van der Waals surface area contributed by atoms with E-state index in [0.717, 1.165) is 6.07 Å². The average Bonchev–Trinajstić information content (AvgIpc) is 2.91. The number of sulfonamides is 1. The first-order valence-electron chi connectivity index (χ1n) is 8.48. The van der Waals surface area contributed by atoms with Gasteiger partial charge in [0.05, 0.1) is 16.4 Å². The number of nitrogens with two attached hydrogens (primary N) is 1. The van der Waals surface area contributed by atoms with E-state index in [9.17, 15) is 32.9 Å². The molecule has 12 heteroatoms. The van der Waals surface area contributed by atoms with Crippen molar-refractivity contribution < 1.29 is 27.7 Å². The number of benzene rings is 2. The second-order valence-electron chi connectivity index (χ2n) is 6.75. The fourth-order valence-electron chi connectivity index (χ4n) is 3.04. The Labute approximate surface area is 170 Å². The van der Waals surface area contributed by atoms with Crippen molar-refractivity contribution in [3.63, 3.8) is 0 Å². The van der Waals surface area contributed by atoms with Crippen LogP contribution in [0.15, 0.2) is 53.4 Å². The molecule has 156 valence electrons. The van der Waals surface area contributed by atoms with E-state index < -0.39 is 44.8 Å². The van der Waals surface area contributed by atoms with Gasteiger partial charge in [0.2, 0.25) is 10.0 Å². The zero-order chi connectivity index (χ0) is 22.3. The van der Waals surface area contributed by atoms with Gasteiger partial charge in [0.25, 0.3) is 11.6 Å². The number of nitrogens with zero attached hydrogens (tertiary/aromatic N) is 2. The van der Waals surface area contributed by atoms with E-state index >= 15 is 0 Å². The Kier molecular flexibility index (Phi) is 5.14. The fraction of sp³-hybridized carbons (Fsp3) is 0.167. The molecule has 1 unspecified atom stereocenters. The molecule has 0 radical (unpaired) electrons. The number of nitrogens with one attached hydrogen (secondary N) is 1. The summed E-state index contributed by atoms with van der Waals surface area (Å²) >= 11 is 0. The van der Waals surface area contributed by atoms with Crippen LogP contribution in [-0.4, -0.2) is 42.5 Å². The predicted octanol–water partition coefficient (Wildman–Crippen LogP) is 0.892. The number of hydrogen-bond donors (Lipinski definition) is 2. The van der Waals surface area contributed by atoms with Crippen molar-refractivity contribution >= 4 is 33.4 Å². The first-order chi connectivity index (χ1) is 13.9. The molecule has 1 heterocycles. The molecule has 0 saturated carbocycles. The summed E-state index contributed by atoms with van der Waals surface area (Å²) in [7, 11) is -3.93. The molecule has 1 atom stereocenters. The summed E-state index contributed by atoms with van der Waals surface area (Å²) in [5, 5.41) is 18.4. The average molecular weight is 432 g/mol. The highest BCUT2D eigenvalue weighted by Gasteiger charge is 2.49. The van der Waals surface area contributed by atoms with Gasteiger partial charge in [-0.05, 0) is 24.6 Å². The number of carbonyl (C=O) groups is 3. The number of carbonyl (C=O) groups excluding carboxylic acids is 3. The van der Waals surface area contributed by atoms with E-state index in [0.29, 0.717) is 10.5 Å². The quantitative estimate of drug-likeness (QED) is 0.295. The van der Waals surface area contributed by atoms with Gasteiger partial charge in [0.1, 0.15) is 5.54 Å². The highest BCUT2D eigenvalue weighted by atomic mass is 32.2. The van der Waals surface area contributed by atoms with Gasteiger partial charge in [0.15, 0.2) is 5.78 Å². The normalized spacial score (nSPS) is 18.9. The molecule has 1 fully saturated rings.